The van der Waals surface area contributed by atoms with Gasteiger partial charge in [-0.1, -0.05) is 32.6 Å². The number of aromatic nitrogens is 1. The molecule has 1 aromatic rings. The van der Waals surface area contributed by atoms with Gasteiger partial charge in [0.1, 0.15) is 11.3 Å². The number of nitrogens with zero attached hydrogens (tertiary/aromatic N) is 3. The highest BCUT2D eigenvalue weighted by Crippen LogP contribution is 2.20. The predicted molar refractivity (Wildman–Crippen MR) is 130 cm³/mol. The standard InChI is InChI=1S/C20H27BrN4O3S.C2H6/c1-6-8-16(14(7-2)22-17(26)15-13-29-18(21)23-15)24-9-11-25(12-10-24)19(27)28-20(3,4)5;1-2/h6-8,13H,1,9-12H2,2-5H3,(H,22,26);1-2H3/b14-7+,16-8+;. The number of carbonyl (C=O) groups excluding carboxylic acids is 2. The van der Waals surface area contributed by atoms with Crippen LogP contribution in [-0.4, -0.2) is 58.6 Å². The summed E-state index contributed by atoms with van der Waals surface area (Å²) in [5.74, 6) is -0.276. The van der Waals surface area contributed by atoms with Crippen molar-refractivity contribution in [3.63, 3.8) is 0 Å². The minimum atomic E-state index is -0.519. The Hall–Kier alpha value is -2.13. The quantitative estimate of drug-likeness (QED) is 0.549. The first kappa shape index (κ1) is 26.9. The second-order valence-electron chi connectivity index (χ2n) is 7.38. The van der Waals surface area contributed by atoms with Gasteiger partial charge < -0.3 is 19.9 Å². The molecule has 0 saturated carbocycles. The van der Waals surface area contributed by atoms with Crippen molar-refractivity contribution in [1.29, 1.82) is 0 Å². The molecule has 0 radical (unpaired) electrons. The number of ether oxygens (including phenoxy) is 1. The average molecular weight is 514 g/mol. The minimum absolute atomic E-state index is 0.276. The molecule has 1 N–H and O–H groups in total. The fourth-order valence-corrected chi connectivity index (χ4v) is 3.75. The Kier molecular flexibility index (Phi) is 11.0. The van der Waals surface area contributed by atoms with Crippen LogP contribution in [-0.2, 0) is 4.74 Å². The molecule has 2 amide bonds. The lowest BCUT2D eigenvalue weighted by Crippen LogP contribution is -2.50. The van der Waals surface area contributed by atoms with Crippen LogP contribution in [0.2, 0.25) is 0 Å². The minimum Gasteiger partial charge on any atom is -0.444 e. The maximum Gasteiger partial charge on any atom is 0.410 e. The number of piperazine rings is 1. The Morgan fingerprint density at radius 1 is 1.23 bits per heavy atom. The third-order valence-corrected chi connectivity index (χ3v) is 5.43. The molecule has 0 spiro atoms. The fraction of sp³-hybridized carbons (Fsp3) is 0.500. The molecule has 31 heavy (non-hydrogen) atoms. The van der Waals surface area contributed by atoms with Gasteiger partial charge in [-0.2, -0.15) is 0 Å². The maximum atomic E-state index is 12.5. The van der Waals surface area contributed by atoms with Crippen molar-refractivity contribution < 1.29 is 14.3 Å². The molecule has 0 atom stereocenters. The average Bonchev–Trinajstić information content (AvgIpc) is 3.17. The van der Waals surface area contributed by atoms with Crippen molar-refractivity contribution >= 4 is 39.3 Å². The zero-order chi connectivity index (χ0) is 23.6. The number of carbonyl (C=O) groups is 2. The number of hydrogen-bond donors (Lipinski definition) is 1. The lowest BCUT2D eigenvalue weighted by molar-refractivity contribution is 0.0170. The van der Waals surface area contributed by atoms with Crippen LogP contribution in [0.15, 0.2) is 45.5 Å². The highest BCUT2D eigenvalue weighted by Gasteiger charge is 2.27. The maximum absolute atomic E-state index is 12.5. The number of rotatable bonds is 5. The summed E-state index contributed by atoms with van der Waals surface area (Å²) >= 11 is 4.63. The van der Waals surface area contributed by atoms with Gasteiger partial charge in [0.2, 0.25) is 0 Å². The number of amides is 2. The van der Waals surface area contributed by atoms with E-state index in [1.165, 1.54) is 11.3 Å². The van der Waals surface area contributed by atoms with Crippen molar-refractivity contribution in [3.8, 4) is 0 Å². The van der Waals surface area contributed by atoms with Gasteiger partial charge in [0.25, 0.3) is 5.91 Å². The van der Waals surface area contributed by atoms with Crippen molar-refractivity contribution in [2.75, 3.05) is 26.2 Å². The fourth-order valence-electron chi connectivity index (χ4n) is 2.76. The van der Waals surface area contributed by atoms with E-state index in [0.29, 0.717) is 41.5 Å². The van der Waals surface area contributed by atoms with E-state index in [0.717, 1.165) is 5.70 Å². The Balaban J connectivity index is 0.00000233. The molecule has 0 aliphatic carbocycles. The van der Waals surface area contributed by atoms with Gasteiger partial charge in [0.15, 0.2) is 3.92 Å². The first-order valence-corrected chi connectivity index (χ1v) is 12.0. The lowest BCUT2D eigenvalue weighted by Gasteiger charge is -2.38. The van der Waals surface area contributed by atoms with Gasteiger partial charge in [-0.15, -0.1) is 11.3 Å². The molecule has 0 unspecified atom stereocenters. The van der Waals surface area contributed by atoms with E-state index in [9.17, 15) is 9.59 Å². The molecule has 1 fully saturated rings. The summed E-state index contributed by atoms with van der Waals surface area (Å²) in [6, 6.07) is 0. The van der Waals surface area contributed by atoms with E-state index in [1.807, 2.05) is 53.7 Å². The van der Waals surface area contributed by atoms with Crippen LogP contribution < -0.4 is 5.32 Å². The summed E-state index contributed by atoms with van der Waals surface area (Å²) in [4.78, 5) is 32.8. The van der Waals surface area contributed by atoms with Crippen LogP contribution in [0.4, 0.5) is 4.79 Å². The molecule has 0 aromatic carbocycles. The van der Waals surface area contributed by atoms with Crippen molar-refractivity contribution in [3.05, 3.63) is 51.2 Å². The zero-order valence-electron chi connectivity index (χ0n) is 19.2. The molecule has 1 aliphatic heterocycles. The molecular weight excluding hydrogens is 480 g/mol. The molecule has 9 heteroatoms. The van der Waals surface area contributed by atoms with Gasteiger partial charge in [0, 0.05) is 31.6 Å². The molecular formula is C22H33BrN4O3S. The highest BCUT2D eigenvalue weighted by molar-refractivity contribution is 9.11. The second-order valence-corrected chi connectivity index (χ2v) is 9.52. The number of hydrogen-bond acceptors (Lipinski definition) is 6. The topological polar surface area (TPSA) is 74.8 Å². The Morgan fingerprint density at radius 2 is 1.81 bits per heavy atom. The van der Waals surface area contributed by atoms with Gasteiger partial charge in [-0.25, -0.2) is 9.78 Å². The summed E-state index contributed by atoms with van der Waals surface area (Å²) < 4.78 is 6.11. The molecule has 2 rings (SSSR count). The summed E-state index contributed by atoms with van der Waals surface area (Å²) in [7, 11) is 0. The molecule has 7 nitrogen and oxygen atoms in total. The van der Waals surface area contributed by atoms with E-state index in [1.54, 1.807) is 16.4 Å². The summed E-state index contributed by atoms with van der Waals surface area (Å²) in [6.07, 6.45) is 5.08. The Labute approximate surface area is 198 Å². The van der Waals surface area contributed by atoms with Crippen molar-refractivity contribution in [1.82, 2.24) is 20.1 Å². The Morgan fingerprint density at radius 3 is 2.26 bits per heavy atom. The van der Waals surface area contributed by atoms with Crippen LogP contribution in [0.1, 0.15) is 52.0 Å². The highest BCUT2D eigenvalue weighted by atomic mass is 79.9. The monoisotopic (exact) mass is 512 g/mol. The normalized spacial score (nSPS) is 15.1. The summed E-state index contributed by atoms with van der Waals surface area (Å²) in [5, 5.41) is 4.62. The summed E-state index contributed by atoms with van der Waals surface area (Å²) in [5.41, 5.74) is 1.35. The number of allylic oxidation sites excluding steroid dienone is 3. The first-order chi connectivity index (χ1) is 14.6. The molecule has 2 heterocycles. The van der Waals surface area contributed by atoms with Crippen LogP contribution in [0.3, 0.4) is 0 Å². The molecule has 1 aliphatic rings. The van der Waals surface area contributed by atoms with Crippen molar-refractivity contribution in [2.24, 2.45) is 0 Å². The molecule has 1 saturated heterocycles. The van der Waals surface area contributed by atoms with Crippen LogP contribution >= 0.6 is 27.3 Å². The van der Waals surface area contributed by atoms with Crippen LogP contribution in [0, 0.1) is 0 Å². The zero-order valence-corrected chi connectivity index (χ0v) is 21.6. The van der Waals surface area contributed by atoms with E-state index >= 15 is 0 Å². The van der Waals surface area contributed by atoms with E-state index in [-0.39, 0.29) is 12.0 Å². The van der Waals surface area contributed by atoms with Crippen LogP contribution in [0.25, 0.3) is 0 Å². The third-order valence-electron chi connectivity index (χ3n) is 4.07. The lowest BCUT2D eigenvalue weighted by atomic mass is 10.2. The number of halogens is 1. The molecule has 0 bridgehead atoms. The van der Waals surface area contributed by atoms with Crippen LogP contribution in [0.5, 0.6) is 0 Å². The first-order valence-electron chi connectivity index (χ1n) is 10.3. The largest absolute Gasteiger partial charge is 0.444 e. The van der Waals surface area contributed by atoms with Gasteiger partial charge in [0.05, 0.1) is 11.4 Å². The van der Waals surface area contributed by atoms with Gasteiger partial charge in [-0.05, 0) is 49.7 Å². The van der Waals surface area contributed by atoms with Gasteiger partial charge >= 0.3 is 6.09 Å². The molecule has 1 aromatic heterocycles. The predicted octanol–water partition coefficient (Wildman–Crippen LogP) is 5.19. The molecule has 172 valence electrons. The third kappa shape index (κ3) is 8.49. The second kappa shape index (κ2) is 12.7. The van der Waals surface area contributed by atoms with E-state index in [4.69, 9.17) is 4.74 Å². The number of nitrogens with one attached hydrogen (secondary N) is 1. The summed E-state index contributed by atoms with van der Waals surface area (Å²) in [6.45, 7) is 17.5. The van der Waals surface area contributed by atoms with E-state index in [2.05, 4.69) is 37.7 Å². The Bertz CT molecular complexity index is 819. The van der Waals surface area contributed by atoms with Crippen molar-refractivity contribution in [2.45, 2.75) is 47.1 Å². The number of thiazole rings is 1. The SMILES string of the molecule is C=C/C=C(\C(=C/C)NC(=O)c1csc(Br)n1)N1CCN(C(=O)OC(C)(C)C)CC1.CC. The smallest absolute Gasteiger partial charge is 0.410 e. The van der Waals surface area contributed by atoms with E-state index < -0.39 is 5.60 Å². The van der Waals surface area contributed by atoms with Gasteiger partial charge in [-0.3, -0.25) is 4.79 Å².